The number of rotatable bonds is 19. The first-order chi connectivity index (χ1) is 26.6. The number of hydrogen-bond donors (Lipinski definition) is 2. The van der Waals surface area contributed by atoms with E-state index in [0.29, 0.717) is 19.4 Å². The Hall–Kier alpha value is -3.31. The van der Waals surface area contributed by atoms with E-state index < -0.39 is 17.4 Å². The van der Waals surface area contributed by atoms with Gasteiger partial charge in [0.25, 0.3) is 0 Å². The third-order valence-electron chi connectivity index (χ3n) is 11.4. The Morgan fingerprint density at radius 3 is 2.40 bits per heavy atom. The number of unbranched alkanes of at least 4 members (excludes halogenated alkanes) is 2. The molecule has 1 amide bonds. The average molecular weight is 775 g/mol. The molecule has 9 nitrogen and oxygen atoms in total. The van der Waals surface area contributed by atoms with Crippen LogP contribution in [0.3, 0.4) is 0 Å². The second-order valence-electron chi connectivity index (χ2n) is 16.6. The van der Waals surface area contributed by atoms with Gasteiger partial charge < -0.3 is 34.2 Å². The molecule has 1 aliphatic heterocycles. The molecule has 2 aromatic rings. The predicted molar refractivity (Wildman–Crippen MR) is 219 cm³/mol. The maximum absolute atomic E-state index is 14.3. The van der Waals surface area contributed by atoms with Crippen LogP contribution in [-0.2, 0) is 14.4 Å². The first kappa shape index (κ1) is 41.3. The fourth-order valence-corrected chi connectivity index (χ4v) is 9.32. The van der Waals surface area contributed by atoms with Crippen molar-refractivity contribution in [1.29, 1.82) is 0 Å². The molecular formula is C45H62N2O7S. The Morgan fingerprint density at radius 2 is 1.76 bits per heavy atom. The molecule has 2 fully saturated rings. The van der Waals surface area contributed by atoms with Crippen molar-refractivity contribution in [2.24, 2.45) is 28.8 Å². The Labute approximate surface area is 332 Å². The molecule has 2 aromatic carbocycles. The van der Waals surface area contributed by atoms with Gasteiger partial charge in [-0.3, -0.25) is 4.79 Å². The van der Waals surface area contributed by atoms with E-state index in [9.17, 15) is 15.0 Å². The second-order valence-corrected chi connectivity index (χ2v) is 17.4. The normalized spacial score (nSPS) is 26.3. The summed E-state index contributed by atoms with van der Waals surface area (Å²) < 4.78 is 21.0. The van der Waals surface area contributed by atoms with Gasteiger partial charge in [0.15, 0.2) is 0 Å². The topological polar surface area (TPSA) is 110 Å². The minimum atomic E-state index is -1.24. The fourth-order valence-electron chi connectivity index (χ4n) is 8.91. The van der Waals surface area contributed by atoms with Crippen LogP contribution >= 0.6 is 11.8 Å². The minimum Gasteiger partial charge on any atom is -0.459 e. The van der Waals surface area contributed by atoms with Crippen molar-refractivity contribution in [3.63, 3.8) is 0 Å². The number of amides is 1. The highest BCUT2D eigenvalue weighted by atomic mass is 32.2. The third-order valence-corrected chi connectivity index (χ3v) is 12.2. The molecule has 55 heavy (non-hydrogen) atoms. The van der Waals surface area contributed by atoms with E-state index in [2.05, 4.69) is 44.0 Å². The van der Waals surface area contributed by atoms with Crippen molar-refractivity contribution < 1.29 is 34.1 Å². The van der Waals surface area contributed by atoms with Crippen LogP contribution in [0.5, 0.6) is 17.2 Å². The van der Waals surface area contributed by atoms with Crippen LogP contribution in [0.25, 0.3) is 0 Å². The minimum absolute atomic E-state index is 0.0102. The van der Waals surface area contributed by atoms with Crippen LogP contribution < -0.4 is 9.47 Å². The lowest BCUT2D eigenvalue weighted by Crippen LogP contribution is -2.70. The van der Waals surface area contributed by atoms with Gasteiger partial charge >= 0.3 is 0 Å². The van der Waals surface area contributed by atoms with Gasteiger partial charge in [-0.15, -0.1) is 18.3 Å². The Balaban J connectivity index is 1.58. The maximum atomic E-state index is 14.3. The number of aliphatic hydroxyl groups is 2. The van der Waals surface area contributed by atoms with Gasteiger partial charge in [-0.25, -0.2) is 0 Å². The van der Waals surface area contributed by atoms with Crippen LogP contribution in [0, 0.1) is 23.7 Å². The summed E-state index contributed by atoms with van der Waals surface area (Å²) in [6.07, 6.45) is 14.2. The van der Waals surface area contributed by atoms with Crippen molar-refractivity contribution in [2.45, 2.75) is 120 Å². The van der Waals surface area contributed by atoms with E-state index in [4.69, 9.17) is 24.2 Å². The monoisotopic (exact) mass is 774 g/mol. The Kier molecular flexibility index (Phi) is 13.8. The molecule has 10 heteroatoms. The quantitative estimate of drug-likeness (QED) is 0.0630. The second kappa shape index (κ2) is 18.3. The number of ether oxygens (including phenoxy) is 3. The first-order valence-corrected chi connectivity index (χ1v) is 21.7. The van der Waals surface area contributed by atoms with E-state index in [1.807, 2.05) is 49.9 Å². The summed E-state index contributed by atoms with van der Waals surface area (Å²) in [5, 5.41) is 24.7. The molecule has 6 unspecified atom stereocenters. The SMILES string of the molecule is C=CCOC12Oc3ccc(Oc4ccc(SC)cc4)cc3C3C(CCCCO)C(CCCCO)C=C(C(=NOC(C)(C)C)CC1N(CCC)C(=O)C1CC1)C32. The number of thioether (sulfide) groups is 1. The zero-order chi connectivity index (χ0) is 39.2. The lowest BCUT2D eigenvalue weighted by atomic mass is 9.55. The lowest BCUT2D eigenvalue weighted by molar-refractivity contribution is -0.257. The molecule has 6 atom stereocenters. The highest BCUT2D eigenvalue weighted by molar-refractivity contribution is 7.98. The number of fused-ring (bicyclic) bond motifs is 2. The molecular weight excluding hydrogens is 713 g/mol. The van der Waals surface area contributed by atoms with Crippen molar-refractivity contribution in [3.8, 4) is 17.2 Å². The number of carbonyl (C=O) groups excluding carboxylic acids is 1. The molecule has 0 radical (unpaired) electrons. The molecule has 0 aromatic heterocycles. The number of nitrogens with zero attached hydrogens (tertiary/aromatic N) is 2. The van der Waals surface area contributed by atoms with Gasteiger partial charge in [-0.1, -0.05) is 37.1 Å². The summed E-state index contributed by atoms with van der Waals surface area (Å²) in [5.74, 6) is 0.985. The molecule has 6 rings (SSSR count). The summed E-state index contributed by atoms with van der Waals surface area (Å²) in [7, 11) is 0. The highest BCUT2D eigenvalue weighted by Gasteiger charge is 2.65. The number of benzene rings is 2. The molecule has 2 saturated carbocycles. The molecule has 0 spiro atoms. The number of aliphatic hydroxyl groups excluding tert-OH is 2. The standard InChI is InChI=1S/C45H62N2O7S/c1-7-23-47(43(50)30-15-16-30)40-29-38(46-54-44(3,4)5)36-27-31(13-9-11-24-48)35(14-10-12-25-49)41-37-28-33(52-32-17-20-34(55-6)21-18-32)19-22-39(37)53-45(40,42(36)41)51-26-8-2/h8,17-22,27-28,30-31,35,40-42,48-49H,2,7,9-16,23-26,29H2,1,3-6H3. The summed E-state index contributed by atoms with van der Waals surface area (Å²) in [6, 6.07) is 13.7. The molecule has 3 aliphatic carbocycles. The van der Waals surface area contributed by atoms with Crippen molar-refractivity contribution in [2.75, 3.05) is 32.6 Å². The number of oxime groups is 1. The van der Waals surface area contributed by atoms with Gasteiger partial charge in [-0.2, -0.15) is 0 Å². The van der Waals surface area contributed by atoms with Crippen LogP contribution in [0.1, 0.15) is 103 Å². The summed E-state index contributed by atoms with van der Waals surface area (Å²) in [5.41, 5.74) is 2.38. The van der Waals surface area contributed by atoms with Gasteiger partial charge in [0.1, 0.15) is 28.9 Å². The summed E-state index contributed by atoms with van der Waals surface area (Å²) >= 11 is 1.69. The van der Waals surface area contributed by atoms with Crippen molar-refractivity contribution >= 4 is 23.4 Å². The molecule has 300 valence electrons. The van der Waals surface area contributed by atoms with Crippen LogP contribution in [0.2, 0.25) is 0 Å². The fraction of sp³-hybridized carbons (Fsp3) is 0.600. The zero-order valence-electron chi connectivity index (χ0n) is 33.5. The number of carbonyl (C=O) groups is 1. The zero-order valence-corrected chi connectivity index (χ0v) is 34.3. The van der Waals surface area contributed by atoms with Gasteiger partial charge in [0.2, 0.25) is 11.7 Å². The highest BCUT2D eigenvalue weighted by Crippen LogP contribution is 2.62. The van der Waals surface area contributed by atoms with E-state index in [-0.39, 0.29) is 55.3 Å². The van der Waals surface area contributed by atoms with E-state index in [1.165, 1.54) is 4.90 Å². The van der Waals surface area contributed by atoms with Crippen LogP contribution in [0.15, 0.2) is 76.8 Å². The van der Waals surface area contributed by atoms with Crippen LogP contribution in [0.4, 0.5) is 0 Å². The third kappa shape index (κ3) is 9.30. The largest absolute Gasteiger partial charge is 0.459 e. The van der Waals surface area contributed by atoms with E-state index in [0.717, 1.165) is 85.5 Å². The summed E-state index contributed by atoms with van der Waals surface area (Å²) in [6.45, 7) is 13.3. The molecule has 0 saturated heterocycles. The maximum Gasteiger partial charge on any atom is 0.239 e. The van der Waals surface area contributed by atoms with Crippen molar-refractivity contribution in [3.05, 3.63) is 72.3 Å². The molecule has 1 heterocycles. The lowest BCUT2D eigenvalue weighted by Gasteiger charge is -2.60. The van der Waals surface area contributed by atoms with Crippen molar-refractivity contribution in [1.82, 2.24) is 4.90 Å². The first-order valence-electron chi connectivity index (χ1n) is 20.5. The van der Waals surface area contributed by atoms with E-state index in [1.54, 1.807) is 17.8 Å². The number of hydrogen-bond acceptors (Lipinski definition) is 9. The molecule has 4 aliphatic rings. The summed E-state index contributed by atoms with van der Waals surface area (Å²) in [4.78, 5) is 23.8. The number of allylic oxidation sites excluding steroid dienone is 1. The van der Waals surface area contributed by atoms with Crippen LogP contribution in [-0.4, -0.2) is 76.8 Å². The Bertz CT molecular complexity index is 1680. The van der Waals surface area contributed by atoms with Gasteiger partial charge in [0.05, 0.1) is 18.2 Å². The molecule has 2 N–H and O–H groups in total. The van der Waals surface area contributed by atoms with Gasteiger partial charge in [-0.05, 0) is 132 Å². The average Bonchev–Trinajstić information content (AvgIpc) is 4.03. The van der Waals surface area contributed by atoms with E-state index >= 15 is 0 Å². The molecule has 0 bridgehead atoms. The van der Waals surface area contributed by atoms with Gasteiger partial charge in [0, 0.05) is 48.5 Å². The smallest absolute Gasteiger partial charge is 0.239 e. The Morgan fingerprint density at radius 1 is 1.05 bits per heavy atom. The predicted octanol–water partition coefficient (Wildman–Crippen LogP) is 9.28.